The Kier molecular flexibility index (Phi) is 5.80. The molecule has 2 aliphatic rings. The average molecular weight is 477 g/mol. The molecular weight excluding hydrogens is 448 g/mol. The Morgan fingerprint density at radius 1 is 1.12 bits per heavy atom. The third kappa shape index (κ3) is 3.60. The summed E-state index contributed by atoms with van der Waals surface area (Å²) in [5, 5.41) is 0.493. The number of carbonyl (C=O) groups excluding carboxylic acids is 1. The summed E-state index contributed by atoms with van der Waals surface area (Å²) in [6.07, 6.45) is 0.467. The average Bonchev–Trinajstić information content (AvgIpc) is 3.13. The van der Waals surface area contributed by atoms with E-state index in [-0.39, 0.29) is 17.4 Å². The van der Waals surface area contributed by atoms with Gasteiger partial charge in [-0.1, -0.05) is 17.7 Å². The first-order valence-corrected chi connectivity index (χ1v) is 12.7. The Morgan fingerprint density at radius 2 is 1.81 bits per heavy atom. The van der Waals surface area contributed by atoms with Crippen LogP contribution < -0.4 is 9.64 Å². The van der Waals surface area contributed by atoms with E-state index >= 15 is 0 Å². The number of likely N-dealkylation sites (N-methyl/N-ethyl adjacent to an activating group) is 1. The molecule has 1 amide bonds. The normalized spacial score (nSPS) is 23.5. The number of carbonyl (C=O) groups is 1. The molecule has 2 aromatic rings. The number of likely N-dealkylation sites (tertiary alicyclic amines) is 1. The van der Waals surface area contributed by atoms with Crippen molar-refractivity contribution in [3.63, 3.8) is 0 Å². The van der Waals surface area contributed by atoms with E-state index in [1.54, 1.807) is 29.2 Å². The van der Waals surface area contributed by atoms with E-state index in [2.05, 4.69) is 0 Å². The van der Waals surface area contributed by atoms with E-state index in [9.17, 15) is 13.2 Å². The smallest absolute Gasteiger partial charge is 0.236 e. The van der Waals surface area contributed by atoms with Gasteiger partial charge in [0.1, 0.15) is 17.1 Å². The first-order chi connectivity index (χ1) is 15.0. The molecule has 0 aliphatic carbocycles. The Morgan fingerprint density at radius 3 is 2.41 bits per heavy atom. The number of halogens is 1. The van der Waals surface area contributed by atoms with Crippen molar-refractivity contribution in [3.8, 4) is 5.75 Å². The standard InChI is InChI=1S/C24H29ClN2O4S/c1-5-27-20-11-6-17(14-21(20)31-16-23(2,3)22(27)28)24(12-13-26(4)15-24)32(29,30)19-9-7-18(25)8-10-19/h6-11,14H,5,12-13,15-16H2,1-4H3. The highest BCUT2D eigenvalue weighted by Gasteiger charge is 2.51. The molecule has 0 N–H and O–H groups in total. The van der Waals surface area contributed by atoms with Crippen molar-refractivity contribution in [2.75, 3.05) is 38.2 Å². The van der Waals surface area contributed by atoms with Gasteiger partial charge in [-0.3, -0.25) is 4.79 Å². The number of anilines is 1. The fourth-order valence-corrected chi connectivity index (χ4v) is 6.92. The van der Waals surface area contributed by atoms with Crippen molar-refractivity contribution < 1.29 is 17.9 Å². The molecule has 8 heteroatoms. The van der Waals surface area contributed by atoms with Crippen LogP contribution in [0.1, 0.15) is 32.8 Å². The van der Waals surface area contributed by atoms with Crippen LogP contribution in [0.4, 0.5) is 5.69 Å². The quantitative estimate of drug-likeness (QED) is 0.664. The Labute approximate surface area is 195 Å². The third-order valence-corrected chi connectivity index (χ3v) is 9.31. The lowest BCUT2D eigenvalue weighted by Gasteiger charge is -2.31. The fourth-order valence-electron chi connectivity index (χ4n) is 4.66. The van der Waals surface area contributed by atoms with E-state index < -0.39 is 20.0 Å². The topological polar surface area (TPSA) is 66.9 Å². The number of hydrogen-bond acceptors (Lipinski definition) is 5. The second kappa shape index (κ2) is 8.04. The monoisotopic (exact) mass is 476 g/mol. The van der Waals surface area contributed by atoms with E-state index in [4.69, 9.17) is 16.3 Å². The van der Waals surface area contributed by atoms with Gasteiger partial charge in [0.25, 0.3) is 0 Å². The second-order valence-corrected chi connectivity index (χ2v) is 12.0. The number of rotatable bonds is 4. The van der Waals surface area contributed by atoms with Gasteiger partial charge < -0.3 is 14.5 Å². The predicted octanol–water partition coefficient (Wildman–Crippen LogP) is 4.12. The number of nitrogens with zero attached hydrogens (tertiary/aromatic N) is 2. The molecule has 1 atom stereocenters. The number of benzene rings is 2. The maximum atomic E-state index is 14.0. The van der Waals surface area contributed by atoms with E-state index in [1.165, 1.54) is 0 Å². The SMILES string of the molecule is CCN1C(=O)C(C)(C)COc2cc(C3(S(=O)(=O)c4ccc(Cl)cc4)CCN(C)C3)ccc21. The van der Waals surface area contributed by atoms with E-state index in [1.807, 2.05) is 50.9 Å². The van der Waals surface area contributed by atoms with Crippen LogP contribution in [-0.2, 0) is 19.4 Å². The number of sulfone groups is 1. The highest BCUT2D eigenvalue weighted by atomic mass is 35.5. The lowest BCUT2D eigenvalue weighted by Crippen LogP contribution is -2.42. The summed E-state index contributed by atoms with van der Waals surface area (Å²) in [7, 11) is -1.80. The molecule has 0 bridgehead atoms. The molecule has 6 nitrogen and oxygen atoms in total. The van der Waals surface area contributed by atoms with Gasteiger partial charge in [0, 0.05) is 18.1 Å². The summed E-state index contributed by atoms with van der Waals surface area (Å²) in [6, 6.07) is 11.8. The number of hydrogen-bond donors (Lipinski definition) is 0. The summed E-state index contributed by atoms with van der Waals surface area (Å²) in [5.41, 5.74) is 0.687. The molecule has 2 aromatic carbocycles. The van der Waals surface area contributed by atoms with Crippen LogP contribution in [0.25, 0.3) is 0 Å². The van der Waals surface area contributed by atoms with Crippen molar-refractivity contribution >= 4 is 33.0 Å². The molecule has 0 spiro atoms. The minimum atomic E-state index is -3.73. The molecule has 0 radical (unpaired) electrons. The minimum absolute atomic E-state index is 0.00408. The zero-order valence-electron chi connectivity index (χ0n) is 18.9. The number of ether oxygens (including phenoxy) is 1. The molecule has 1 saturated heterocycles. The summed E-state index contributed by atoms with van der Waals surface area (Å²) in [6.45, 7) is 7.43. The molecule has 4 rings (SSSR count). The van der Waals surface area contributed by atoms with E-state index in [0.717, 1.165) is 0 Å². The highest BCUT2D eigenvalue weighted by Crippen LogP contribution is 2.46. The second-order valence-electron chi connectivity index (χ2n) is 9.34. The van der Waals surface area contributed by atoms with Crippen molar-refractivity contribution in [1.29, 1.82) is 0 Å². The van der Waals surface area contributed by atoms with Crippen LogP contribution in [0.3, 0.4) is 0 Å². The minimum Gasteiger partial charge on any atom is -0.490 e. The largest absolute Gasteiger partial charge is 0.490 e. The molecule has 0 saturated carbocycles. The van der Waals surface area contributed by atoms with Crippen molar-refractivity contribution in [2.24, 2.45) is 5.41 Å². The molecule has 32 heavy (non-hydrogen) atoms. The molecule has 2 aliphatic heterocycles. The Hall–Kier alpha value is -2.09. The third-order valence-electron chi connectivity index (χ3n) is 6.57. The van der Waals surface area contributed by atoms with Crippen LogP contribution in [0.2, 0.25) is 5.02 Å². The lowest BCUT2D eigenvalue weighted by atomic mass is 9.93. The number of fused-ring (bicyclic) bond motifs is 1. The molecule has 172 valence electrons. The van der Waals surface area contributed by atoms with Gasteiger partial charge in [0.05, 0.1) is 16.0 Å². The van der Waals surface area contributed by atoms with Gasteiger partial charge in [-0.15, -0.1) is 0 Å². The fraction of sp³-hybridized carbons (Fsp3) is 0.458. The molecule has 1 unspecified atom stereocenters. The zero-order valence-corrected chi connectivity index (χ0v) is 20.5. The first-order valence-electron chi connectivity index (χ1n) is 10.8. The van der Waals surface area contributed by atoms with Gasteiger partial charge in [-0.2, -0.15) is 0 Å². The summed E-state index contributed by atoms with van der Waals surface area (Å²) < 4.78 is 32.9. The van der Waals surface area contributed by atoms with Crippen molar-refractivity contribution in [3.05, 3.63) is 53.1 Å². The predicted molar refractivity (Wildman–Crippen MR) is 126 cm³/mol. The maximum Gasteiger partial charge on any atom is 0.236 e. The summed E-state index contributed by atoms with van der Waals surface area (Å²) >= 11 is 6.00. The number of amides is 1. The Balaban J connectivity index is 1.86. The maximum absolute atomic E-state index is 14.0. The lowest BCUT2D eigenvalue weighted by molar-refractivity contribution is -0.127. The highest BCUT2D eigenvalue weighted by molar-refractivity contribution is 7.92. The van der Waals surface area contributed by atoms with Crippen LogP contribution >= 0.6 is 11.6 Å². The zero-order chi connectivity index (χ0) is 23.3. The molecule has 2 heterocycles. The summed E-state index contributed by atoms with van der Waals surface area (Å²) in [5.74, 6) is 0.541. The van der Waals surface area contributed by atoms with Crippen LogP contribution in [0.5, 0.6) is 5.75 Å². The molecule has 0 aromatic heterocycles. The van der Waals surface area contributed by atoms with Crippen LogP contribution in [0, 0.1) is 5.41 Å². The van der Waals surface area contributed by atoms with E-state index in [0.29, 0.717) is 48.1 Å². The van der Waals surface area contributed by atoms with Gasteiger partial charge in [-0.25, -0.2) is 8.42 Å². The summed E-state index contributed by atoms with van der Waals surface area (Å²) in [4.78, 5) is 17.0. The molecule has 1 fully saturated rings. The first kappa shape index (κ1) is 23.1. The van der Waals surface area contributed by atoms with Gasteiger partial charge >= 0.3 is 0 Å². The Bertz CT molecular complexity index is 1150. The van der Waals surface area contributed by atoms with Gasteiger partial charge in [0.2, 0.25) is 5.91 Å². The van der Waals surface area contributed by atoms with Gasteiger partial charge in [-0.05, 0) is 82.7 Å². The molecular formula is C24H29ClN2O4S. The van der Waals surface area contributed by atoms with Gasteiger partial charge in [0.15, 0.2) is 9.84 Å². The van der Waals surface area contributed by atoms with Crippen molar-refractivity contribution in [1.82, 2.24) is 4.90 Å². The van der Waals surface area contributed by atoms with Crippen LogP contribution in [0.15, 0.2) is 47.4 Å². The van der Waals surface area contributed by atoms with Crippen LogP contribution in [-0.4, -0.2) is 52.5 Å². The van der Waals surface area contributed by atoms with Crippen molar-refractivity contribution in [2.45, 2.75) is 36.8 Å².